The summed E-state index contributed by atoms with van der Waals surface area (Å²) in [6.07, 6.45) is 3.43. The minimum absolute atomic E-state index is 0.0464. The first-order chi connectivity index (χ1) is 12.3. The molecule has 3 aliphatic rings. The number of sulfonamides is 1. The maximum atomic E-state index is 13.0. The van der Waals surface area contributed by atoms with Crippen LogP contribution >= 0.6 is 0 Å². The SMILES string of the molecule is CS(=O)(=O)N1CCC(C(=O)N2C[C@H]3C[C@@H](C2)c2cccc(=O)n2C3)CC1. The normalized spacial score (nSPS) is 27.2. The fourth-order valence-electron chi connectivity index (χ4n) is 4.77. The van der Waals surface area contributed by atoms with E-state index >= 15 is 0 Å². The van der Waals surface area contributed by atoms with Gasteiger partial charge in [-0.05, 0) is 31.2 Å². The maximum absolute atomic E-state index is 13.0. The zero-order valence-corrected chi connectivity index (χ0v) is 15.8. The van der Waals surface area contributed by atoms with Crippen molar-refractivity contribution in [2.24, 2.45) is 11.8 Å². The lowest BCUT2D eigenvalue weighted by Gasteiger charge is -2.44. The highest BCUT2D eigenvalue weighted by Gasteiger charge is 2.39. The number of hydrogen-bond acceptors (Lipinski definition) is 4. The zero-order chi connectivity index (χ0) is 18.5. The number of nitrogens with zero attached hydrogens (tertiary/aromatic N) is 3. The fourth-order valence-corrected chi connectivity index (χ4v) is 5.64. The van der Waals surface area contributed by atoms with Crippen molar-refractivity contribution in [3.05, 3.63) is 34.2 Å². The molecule has 7 nitrogen and oxygen atoms in total. The van der Waals surface area contributed by atoms with Gasteiger partial charge in [0.1, 0.15) is 0 Å². The van der Waals surface area contributed by atoms with Gasteiger partial charge in [0.2, 0.25) is 15.9 Å². The summed E-state index contributed by atoms with van der Waals surface area (Å²) in [5.41, 5.74) is 1.09. The van der Waals surface area contributed by atoms with Crippen molar-refractivity contribution < 1.29 is 13.2 Å². The zero-order valence-electron chi connectivity index (χ0n) is 15.0. The van der Waals surface area contributed by atoms with Crippen molar-refractivity contribution in [3.63, 3.8) is 0 Å². The first-order valence-electron chi connectivity index (χ1n) is 9.26. The van der Waals surface area contributed by atoms with E-state index < -0.39 is 10.0 Å². The minimum Gasteiger partial charge on any atom is -0.341 e. The first kappa shape index (κ1) is 17.7. The summed E-state index contributed by atoms with van der Waals surface area (Å²) >= 11 is 0. The van der Waals surface area contributed by atoms with Gasteiger partial charge in [-0.15, -0.1) is 0 Å². The van der Waals surface area contributed by atoms with Gasteiger partial charge in [0.15, 0.2) is 0 Å². The monoisotopic (exact) mass is 379 g/mol. The molecular weight excluding hydrogens is 354 g/mol. The average molecular weight is 379 g/mol. The van der Waals surface area contributed by atoms with E-state index in [0.29, 0.717) is 51.5 Å². The van der Waals surface area contributed by atoms with Crippen LogP contribution in [0.1, 0.15) is 30.9 Å². The van der Waals surface area contributed by atoms with Gasteiger partial charge >= 0.3 is 0 Å². The number of fused-ring (bicyclic) bond motifs is 4. The highest BCUT2D eigenvalue weighted by atomic mass is 32.2. The van der Waals surface area contributed by atoms with Crippen LogP contribution in [0.5, 0.6) is 0 Å². The summed E-state index contributed by atoms with van der Waals surface area (Å²) in [6, 6.07) is 5.40. The van der Waals surface area contributed by atoms with Crippen molar-refractivity contribution in [1.82, 2.24) is 13.8 Å². The first-order valence-corrected chi connectivity index (χ1v) is 11.1. The molecule has 0 saturated carbocycles. The van der Waals surface area contributed by atoms with Crippen LogP contribution in [0.15, 0.2) is 23.0 Å². The predicted molar refractivity (Wildman–Crippen MR) is 97.3 cm³/mol. The van der Waals surface area contributed by atoms with Crippen LogP contribution in [-0.4, -0.2) is 60.5 Å². The third kappa shape index (κ3) is 3.20. The molecule has 142 valence electrons. The third-order valence-electron chi connectivity index (χ3n) is 6.06. The van der Waals surface area contributed by atoms with Crippen LogP contribution in [0.3, 0.4) is 0 Å². The van der Waals surface area contributed by atoms with Gasteiger partial charge in [0.05, 0.1) is 6.26 Å². The molecule has 1 amide bonds. The molecule has 0 radical (unpaired) electrons. The Labute approximate surface area is 153 Å². The van der Waals surface area contributed by atoms with Gasteiger partial charge in [-0.1, -0.05) is 6.07 Å². The Kier molecular flexibility index (Phi) is 4.43. The van der Waals surface area contributed by atoms with E-state index in [1.54, 1.807) is 12.1 Å². The molecule has 8 heteroatoms. The van der Waals surface area contributed by atoms with Crippen molar-refractivity contribution in [3.8, 4) is 0 Å². The second kappa shape index (κ2) is 6.49. The summed E-state index contributed by atoms with van der Waals surface area (Å²) in [5.74, 6) is 0.599. The van der Waals surface area contributed by atoms with Gasteiger partial charge < -0.3 is 9.47 Å². The maximum Gasteiger partial charge on any atom is 0.250 e. The van der Waals surface area contributed by atoms with Gasteiger partial charge in [-0.3, -0.25) is 9.59 Å². The van der Waals surface area contributed by atoms with E-state index in [-0.39, 0.29) is 23.3 Å². The molecule has 26 heavy (non-hydrogen) atoms. The molecule has 2 atom stereocenters. The molecular formula is C18H25N3O4S. The summed E-state index contributed by atoms with van der Waals surface area (Å²) in [7, 11) is -3.17. The molecule has 4 rings (SSSR count). The average Bonchev–Trinajstić information content (AvgIpc) is 2.61. The number of hydrogen-bond donors (Lipinski definition) is 0. The Balaban J connectivity index is 1.46. The standard InChI is InChI=1S/C18H25N3O4S/c1-26(24,25)20-7-5-14(6-8-20)18(23)19-10-13-9-15(12-19)16-3-2-4-17(22)21(16)11-13/h2-4,13-15H,5-12H2,1H3/t13-,15+/m1/s1. The second-order valence-electron chi connectivity index (χ2n) is 7.88. The summed E-state index contributed by atoms with van der Waals surface area (Å²) in [4.78, 5) is 27.1. The number of amides is 1. The van der Waals surface area contributed by atoms with Crippen LogP contribution in [0.25, 0.3) is 0 Å². The Bertz CT molecular complexity index is 871. The largest absolute Gasteiger partial charge is 0.341 e. The number of pyridine rings is 1. The molecule has 2 saturated heterocycles. The van der Waals surface area contributed by atoms with Gasteiger partial charge in [0.25, 0.3) is 5.56 Å². The number of likely N-dealkylation sites (tertiary alicyclic amines) is 1. The van der Waals surface area contributed by atoms with Crippen molar-refractivity contribution >= 4 is 15.9 Å². The molecule has 4 heterocycles. The van der Waals surface area contributed by atoms with Crippen LogP contribution in [0.2, 0.25) is 0 Å². The molecule has 2 fully saturated rings. The fraction of sp³-hybridized carbons (Fsp3) is 0.667. The van der Waals surface area contributed by atoms with Gasteiger partial charge in [-0.25, -0.2) is 12.7 Å². The van der Waals surface area contributed by atoms with Crippen LogP contribution in [0, 0.1) is 11.8 Å². The van der Waals surface area contributed by atoms with Crippen molar-refractivity contribution in [1.29, 1.82) is 0 Å². The van der Waals surface area contributed by atoms with Gasteiger partial charge in [-0.2, -0.15) is 0 Å². The van der Waals surface area contributed by atoms with Crippen LogP contribution in [0.4, 0.5) is 0 Å². The number of rotatable bonds is 2. The Morgan fingerprint density at radius 1 is 1.12 bits per heavy atom. The van der Waals surface area contributed by atoms with Crippen molar-refractivity contribution in [2.75, 3.05) is 32.4 Å². The molecule has 3 aliphatic heterocycles. The van der Waals surface area contributed by atoms with E-state index in [1.165, 1.54) is 10.6 Å². The minimum atomic E-state index is -3.17. The van der Waals surface area contributed by atoms with Crippen LogP contribution < -0.4 is 5.56 Å². The molecule has 1 aromatic heterocycles. The predicted octanol–water partition coefficient (Wildman–Crippen LogP) is 0.466. The Morgan fingerprint density at radius 3 is 2.54 bits per heavy atom. The van der Waals surface area contributed by atoms with E-state index in [9.17, 15) is 18.0 Å². The third-order valence-corrected chi connectivity index (χ3v) is 7.37. The number of carbonyl (C=O) groups is 1. The number of carbonyl (C=O) groups excluding carboxylic acids is 1. The van der Waals surface area contributed by atoms with Gasteiger partial charge in [0, 0.05) is 56.3 Å². The smallest absolute Gasteiger partial charge is 0.250 e. The summed E-state index contributed by atoms with van der Waals surface area (Å²) < 4.78 is 26.6. The molecule has 1 aromatic rings. The lowest BCUT2D eigenvalue weighted by atomic mass is 9.82. The molecule has 0 N–H and O–H groups in total. The molecule has 0 aromatic carbocycles. The van der Waals surface area contributed by atoms with E-state index in [4.69, 9.17) is 0 Å². The second-order valence-corrected chi connectivity index (χ2v) is 9.86. The van der Waals surface area contributed by atoms with E-state index in [2.05, 4.69) is 0 Å². The molecule has 0 aliphatic carbocycles. The van der Waals surface area contributed by atoms with E-state index in [1.807, 2.05) is 15.5 Å². The topological polar surface area (TPSA) is 79.7 Å². The number of aromatic nitrogens is 1. The lowest BCUT2D eigenvalue weighted by molar-refractivity contribution is -0.139. The van der Waals surface area contributed by atoms with Crippen LogP contribution in [-0.2, 0) is 21.4 Å². The highest BCUT2D eigenvalue weighted by molar-refractivity contribution is 7.88. The van der Waals surface area contributed by atoms with E-state index in [0.717, 1.165) is 12.1 Å². The Morgan fingerprint density at radius 2 is 1.85 bits per heavy atom. The summed E-state index contributed by atoms with van der Waals surface area (Å²) in [5, 5.41) is 0. The highest BCUT2D eigenvalue weighted by Crippen LogP contribution is 2.36. The molecule has 0 spiro atoms. The molecule has 2 bridgehead atoms. The van der Waals surface area contributed by atoms with Crippen molar-refractivity contribution in [2.45, 2.75) is 31.7 Å². The summed E-state index contributed by atoms with van der Waals surface area (Å²) in [6.45, 7) is 2.89. The Hall–Kier alpha value is -1.67. The quantitative estimate of drug-likeness (QED) is 0.748. The number of piperidine rings is 2. The molecule has 0 unspecified atom stereocenters. The lowest BCUT2D eigenvalue weighted by Crippen LogP contribution is -2.52.